The van der Waals surface area contributed by atoms with E-state index in [1.165, 1.54) is 0 Å². The van der Waals surface area contributed by atoms with E-state index in [1.807, 2.05) is 74.5 Å². The number of Topliss-reactive ketones (excluding diaryl/α,β-unsaturated/α-hetero) is 2. The second kappa shape index (κ2) is 17.0. The number of aromatic nitrogens is 1. The van der Waals surface area contributed by atoms with E-state index >= 15 is 0 Å². The lowest BCUT2D eigenvalue weighted by molar-refractivity contribution is -0.134. The van der Waals surface area contributed by atoms with Crippen LogP contribution < -0.4 is 10.6 Å². The van der Waals surface area contributed by atoms with Crippen LogP contribution in [-0.2, 0) is 43.2 Å². The maximum atomic E-state index is 14.1. The maximum Gasteiger partial charge on any atom is 0.274 e. The number of carbonyl (C=O) groups excluding carboxylic acids is 4. The minimum Gasteiger partial charge on any atom is -0.379 e. The predicted octanol–water partition coefficient (Wildman–Crippen LogP) is 3.95. The minimum atomic E-state index is -0.895. The highest BCUT2D eigenvalue weighted by Gasteiger charge is 2.50. The van der Waals surface area contributed by atoms with Crippen LogP contribution in [0.25, 0.3) is 0 Å². The van der Waals surface area contributed by atoms with Crippen molar-refractivity contribution in [1.82, 2.24) is 20.7 Å². The average molecular weight is 673 g/mol. The van der Waals surface area contributed by atoms with Crippen molar-refractivity contribution in [3.05, 3.63) is 89.3 Å². The Bertz CT molecular complexity index is 1550. The molecular weight excluding hydrogens is 624 g/mol. The number of carbonyl (C=O) groups is 4. The van der Waals surface area contributed by atoms with Crippen LogP contribution >= 0.6 is 0 Å². The molecule has 4 unspecified atom stereocenters. The molecule has 2 saturated heterocycles. The van der Waals surface area contributed by atoms with Crippen molar-refractivity contribution in [2.24, 2.45) is 11.8 Å². The van der Waals surface area contributed by atoms with Crippen molar-refractivity contribution in [2.45, 2.75) is 77.1 Å². The molecule has 1 aromatic heterocycles. The fraction of sp³-hybridized carbons (Fsp3) is 0.500. The van der Waals surface area contributed by atoms with Gasteiger partial charge < -0.3 is 24.6 Å². The van der Waals surface area contributed by atoms with Gasteiger partial charge in [0.25, 0.3) is 5.91 Å². The Labute approximate surface area is 288 Å². The van der Waals surface area contributed by atoms with Gasteiger partial charge in [-0.05, 0) is 49.7 Å². The standard InChI is InChI=1S/C38H48N4O7/c1-26(2)20-32(35(44)38(3)25-48-38)40-36(45)29(21-28-12-8-5-9-13-28)22-34(43)31(15-14-27-10-6-4-7-11-27)39-37(46)33-23-30(49-41-33)24-42-16-18-47-19-17-42/h4-13,23,26,29,31-32H,14-22,24-25H2,1-3H3,(H,39,46)(H,40,45). The van der Waals surface area contributed by atoms with Gasteiger partial charge in [0.05, 0.1) is 38.4 Å². The molecule has 3 aromatic rings. The summed E-state index contributed by atoms with van der Waals surface area (Å²) < 4.78 is 16.3. The molecule has 11 heteroatoms. The first-order valence-electron chi connectivity index (χ1n) is 17.3. The van der Waals surface area contributed by atoms with Crippen molar-refractivity contribution in [3.63, 3.8) is 0 Å². The van der Waals surface area contributed by atoms with Gasteiger partial charge in [-0.3, -0.25) is 24.1 Å². The number of rotatable bonds is 18. The number of benzene rings is 2. The largest absolute Gasteiger partial charge is 0.379 e. The number of morpholine rings is 1. The molecule has 0 aliphatic carbocycles. The zero-order chi connectivity index (χ0) is 34.8. The Morgan fingerprint density at radius 1 is 0.918 bits per heavy atom. The molecule has 2 N–H and O–H groups in total. The van der Waals surface area contributed by atoms with Crippen molar-refractivity contribution < 1.29 is 33.2 Å². The highest BCUT2D eigenvalue weighted by molar-refractivity contribution is 5.99. The number of aryl methyl sites for hydroxylation is 1. The molecular formula is C38H48N4O7. The van der Waals surface area contributed by atoms with E-state index in [2.05, 4.69) is 20.7 Å². The molecule has 2 aliphatic heterocycles. The zero-order valence-corrected chi connectivity index (χ0v) is 28.7. The topological polar surface area (TPSA) is 143 Å². The average Bonchev–Trinajstić information content (AvgIpc) is 3.68. The molecule has 0 bridgehead atoms. The maximum absolute atomic E-state index is 14.1. The van der Waals surface area contributed by atoms with E-state index in [9.17, 15) is 19.2 Å². The highest BCUT2D eigenvalue weighted by atomic mass is 16.6. The van der Waals surface area contributed by atoms with Gasteiger partial charge in [-0.1, -0.05) is 79.7 Å². The summed E-state index contributed by atoms with van der Waals surface area (Å²) in [7, 11) is 0. The summed E-state index contributed by atoms with van der Waals surface area (Å²) in [5, 5.41) is 9.86. The fourth-order valence-electron chi connectivity index (χ4n) is 6.13. The molecule has 262 valence electrons. The smallest absolute Gasteiger partial charge is 0.274 e. The summed E-state index contributed by atoms with van der Waals surface area (Å²) in [5.41, 5.74) is 1.10. The summed E-state index contributed by atoms with van der Waals surface area (Å²) in [6.07, 6.45) is 1.49. The number of ether oxygens (including phenoxy) is 2. The predicted molar refractivity (Wildman–Crippen MR) is 183 cm³/mol. The number of amides is 2. The van der Waals surface area contributed by atoms with Gasteiger partial charge in [0.1, 0.15) is 5.60 Å². The van der Waals surface area contributed by atoms with Gasteiger partial charge in [0.2, 0.25) is 5.91 Å². The van der Waals surface area contributed by atoms with Crippen LogP contribution in [0.5, 0.6) is 0 Å². The van der Waals surface area contributed by atoms with Crippen LogP contribution in [-0.4, -0.2) is 84.0 Å². The Balaban J connectivity index is 1.32. The minimum absolute atomic E-state index is 0.0881. The van der Waals surface area contributed by atoms with Gasteiger partial charge in [-0.15, -0.1) is 0 Å². The van der Waals surface area contributed by atoms with Crippen LogP contribution in [0.4, 0.5) is 0 Å². The second-order valence-electron chi connectivity index (χ2n) is 13.7. The summed E-state index contributed by atoms with van der Waals surface area (Å²) >= 11 is 0. The van der Waals surface area contributed by atoms with Crippen molar-refractivity contribution in [3.8, 4) is 0 Å². The number of nitrogens with zero attached hydrogens (tertiary/aromatic N) is 2. The van der Waals surface area contributed by atoms with Crippen LogP contribution in [0.3, 0.4) is 0 Å². The third-order valence-electron chi connectivity index (χ3n) is 9.12. The number of ketones is 2. The number of hydrogen-bond acceptors (Lipinski definition) is 9. The molecule has 49 heavy (non-hydrogen) atoms. The molecule has 3 heterocycles. The highest BCUT2D eigenvalue weighted by Crippen LogP contribution is 2.30. The Morgan fingerprint density at radius 2 is 1.57 bits per heavy atom. The normalized spacial score (nSPS) is 19.5. The van der Waals surface area contributed by atoms with E-state index in [4.69, 9.17) is 14.0 Å². The van der Waals surface area contributed by atoms with Gasteiger partial charge in [0, 0.05) is 31.5 Å². The first kappa shape index (κ1) is 36.1. The Kier molecular flexibility index (Phi) is 12.5. The molecule has 4 atom stereocenters. The van der Waals surface area contributed by atoms with Crippen LogP contribution in [0, 0.1) is 11.8 Å². The zero-order valence-electron chi connectivity index (χ0n) is 28.7. The molecule has 2 fully saturated rings. The van der Waals surface area contributed by atoms with Gasteiger partial charge in [-0.25, -0.2) is 0 Å². The quantitative estimate of drug-likeness (QED) is 0.192. The number of epoxide rings is 1. The summed E-state index contributed by atoms with van der Waals surface area (Å²) in [5.74, 6) is -1.40. The van der Waals surface area contributed by atoms with E-state index < -0.39 is 29.5 Å². The van der Waals surface area contributed by atoms with Crippen LogP contribution in [0.15, 0.2) is 71.3 Å². The SMILES string of the molecule is CC(C)CC(NC(=O)C(CC(=O)C(CCc1ccccc1)NC(=O)c1cc(CN2CCOCC2)on1)Cc1ccccc1)C(=O)C1(C)CO1. The fourth-order valence-corrected chi connectivity index (χ4v) is 6.13. The first-order valence-corrected chi connectivity index (χ1v) is 17.3. The second-order valence-corrected chi connectivity index (χ2v) is 13.7. The van der Waals surface area contributed by atoms with Crippen molar-refractivity contribution in [1.29, 1.82) is 0 Å². The van der Waals surface area contributed by atoms with Crippen molar-refractivity contribution in [2.75, 3.05) is 32.9 Å². The van der Waals surface area contributed by atoms with Crippen molar-refractivity contribution >= 4 is 23.4 Å². The third-order valence-corrected chi connectivity index (χ3v) is 9.12. The Hall–Kier alpha value is -4.19. The van der Waals surface area contributed by atoms with Crippen LogP contribution in [0.1, 0.15) is 67.4 Å². The lowest BCUT2D eigenvalue weighted by Gasteiger charge is -2.25. The lowest BCUT2D eigenvalue weighted by Crippen LogP contribution is -2.49. The number of nitrogens with one attached hydrogen (secondary N) is 2. The monoisotopic (exact) mass is 672 g/mol. The van der Waals surface area contributed by atoms with Gasteiger partial charge in [0.15, 0.2) is 23.0 Å². The van der Waals surface area contributed by atoms with Gasteiger partial charge in [-0.2, -0.15) is 0 Å². The first-order chi connectivity index (χ1) is 23.6. The van der Waals surface area contributed by atoms with E-state index in [0.29, 0.717) is 57.8 Å². The van der Waals surface area contributed by atoms with Crippen LogP contribution in [0.2, 0.25) is 0 Å². The summed E-state index contributed by atoms with van der Waals surface area (Å²) in [6, 6.07) is 19.2. The van der Waals surface area contributed by atoms with Gasteiger partial charge >= 0.3 is 0 Å². The molecule has 5 rings (SSSR count). The molecule has 11 nitrogen and oxygen atoms in total. The molecule has 0 spiro atoms. The molecule has 2 aliphatic rings. The molecule has 2 aromatic carbocycles. The van der Waals surface area contributed by atoms with E-state index in [0.717, 1.165) is 24.2 Å². The number of hydrogen-bond donors (Lipinski definition) is 2. The van der Waals surface area contributed by atoms with E-state index in [1.54, 1.807) is 13.0 Å². The molecule has 2 amide bonds. The Morgan fingerprint density at radius 3 is 2.20 bits per heavy atom. The summed E-state index contributed by atoms with van der Waals surface area (Å²) in [6.45, 7) is 9.34. The van der Waals surface area contributed by atoms with E-state index in [-0.39, 0.29) is 35.5 Å². The molecule has 0 radical (unpaired) electrons. The summed E-state index contributed by atoms with van der Waals surface area (Å²) in [4.78, 5) is 57.0. The molecule has 0 saturated carbocycles. The lowest BCUT2D eigenvalue weighted by atomic mass is 9.88. The third kappa shape index (κ3) is 10.6.